The molecule has 1 heterocycles. The van der Waals surface area contributed by atoms with Gasteiger partial charge in [0, 0.05) is 11.1 Å². The van der Waals surface area contributed by atoms with Crippen LogP contribution >= 0.6 is 0 Å². The normalized spacial score (nSPS) is 11.3. The topological polar surface area (TPSA) is 89.1 Å². The first-order chi connectivity index (χ1) is 12.3. The molecule has 3 aromatic rings. The Kier molecular flexibility index (Phi) is 4.33. The molecule has 0 atom stereocenters. The Balaban J connectivity index is 1.99. The van der Waals surface area contributed by atoms with Gasteiger partial charge in [-0.3, -0.25) is 0 Å². The Bertz CT molecular complexity index is 953. The molecule has 0 aliphatic carbocycles. The molecule has 0 bridgehead atoms. The Morgan fingerprint density at radius 2 is 1.54 bits per heavy atom. The molecule has 132 valence electrons. The molecule has 3 rings (SSSR count). The van der Waals surface area contributed by atoms with E-state index >= 15 is 0 Å². The van der Waals surface area contributed by atoms with Gasteiger partial charge in [-0.05, 0) is 24.3 Å². The van der Waals surface area contributed by atoms with Gasteiger partial charge in [0.15, 0.2) is 0 Å². The van der Waals surface area contributed by atoms with Crippen molar-refractivity contribution in [3.63, 3.8) is 0 Å². The third-order valence-electron chi connectivity index (χ3n) is 3.71. The van der Waals surface area contributed by atoms with Crippen LogP contribution in [0.25, 0.3) is 22.5 Å². The van der Waals surface area contributed by atoms with Crippen LogP contribution in [0.2, 0.25) is 0 Å². The highest BCUT2D eigenvalue weighted by atomic mass is 19.4. The van der Waals surface area contributed by atoms with Gasteiger partial charge in [-0.25, -0.2) is 14.8 Å². The first-order valence-corrected chi connectivity index (χ1v) is 7.39. The Labute approximate surface area is 146 Å². The van der Waals surface area contributed by atoms with Crippen LogP contribution in [0.4, 0.5) is 19.0 Å². The van der Waals surface area contributed by atoms with Crippen LogP contribution in [0.15, 0.2) is 54.7 Å². The van der Waals surface area contributed by atoms with Crippen molar-refractivity contribution in [3.8, 4) is 22.5 Å². The minimum Gasteiger partial charge on any atom is -0.478 e. The molecule has 0 aliphatic rings. The number of anilines is 1. The van der Waals surface area contributed by atoms with Crippen molar-refractivity contribution < 1.29 is 23.1 Å². The SMILES string of the molecule is Nc1ncc(-c2ccc(C(=O)O)cc2)nc1-c1ccc(C(F)(F)F)cc1. The highest BCUT2D eigenvalue weighted by Gasteiger charge is 2.30. The maximum absolute atomic E-state index is 12.7. The summed E-state index contributed by atoms with van der Waals surface area (Å²) in [5.74, 6) is -0.971. The van der Waals surface area contributed by atoms with Gasteiger partial charge in [-0.15, -0.1) is 0 Å². The molecule has 2 aromatic carbocycles. The van der Waals surface area contributed by atoms with E-state index in [0.29, 0.717) is 16.8 Å². The number of halogens is 3. The lowest BCUT2D eigenvalue weighted by Gasteiger charge is -2.10. The van der Waals surface area contributed by atoms with E-state index in [0.717, 1.165) is 12.1 Å². The van der Waals surface area contributed by atoms with Crippen LogP contribution in [0.1, 0.15) is 15.9 Å². The predicted molar refractivity (Wildman–Crippen MR) is 89.3 cm³/mol. The summed E-state index contributed by atoms with van der Waals surface area (Å²) in [6.07, 6.45) is -3.01. The first-order valence-electron chi connectivity index (χ1n) is 7.39. The summed E-state index contributed by atoms with van der Waals surface area (Å²) in [5.41, 5.74) is 6.84. The molecule has 5 nitrogen and oxygen atoms in total. The van der Waals surface area contributed by atoms with Gasteiger partial charge in [0.05, 0.1) is 23.0 Å². The molecule has 26 heavy (non-hydrogen) atoms. The van der Waals surface area contributed by atoms with Crippen LogP contribution in [-0.4, -0.2) is 21.0 Å². The number of hydrogen-bond acceptors (Lipinski definition) is 4. The van der Waals surface area contributed by atoms with Crippen LogP contribution < -0.4 is 5.73 Å². The number of nitrogen functional groups attached to an aromatic ring is 1. The maximum atomic E-state index is 12.7. The molecule has 8 heteroatoms. The van der Waals surface area contributed by atoms with Crippen molar-refractivity contribution >= 4 is 11.8 Å². The number of rotatable bonds is 3. The Morgan fingerprint density at radius 1 is 0.962 bits per heavy atom. The van der Waals surface area contributed by atoms with Gasteiger partial charge in [0.2, 0.25) is 0 Å². The van der Waals surface area contributed by atoms with Crippen LogP contribution in [0, 0.1) is 0 Å². The number of benzene rings is 2. The quantitative estimate of drug-likeness (QED) is 0.735. The van der Waals surface area contributed by atoms with Gasteiger partial charge >= 0.3 is 12.1 Å². The molecule has 0 spiro atoms. The minimum atomic E-state index is -4.43. The fourth-order valence-electron chi connectivity index (χ4n) is 2.35. The number of aromatic carboxylic acids is 1. The average Bonchev–Trinajstić information content (AvgIpc) is 2.61. The number of alkyl halides is 3. The summed E-state index contributed by atoms with van der Waals surface area (Å²) in [7, 11) is 0. The zero-order valence-corrected chi connectivity index (χ0v) is 13.2. The van der Waals surface area contributed by atoms with Crippen molar-refractivity contribution in [2.24, 2.45) is 0 Å². The summed E-state index contributed by atoms with van der Waals surface area (Å²) in [6, 6.07) is 10.4. The highest BCUT2D eigenvalue weighted by molar-refractivity contribution is 5.88. The van der Waals surface area contributed by atoms with E-state index in [4.69, 9.17) is 10.8 Å². The monoisotopic (exact) mass is 359 g/mol. The van der Waals surface area contributed by atoms with Crippen LogP contribution in [0.3, 0.4) is 0 Å². The molecule has 0 saturated heterocycles. The van der Waals surface area contributed by atoms with Crippen molar-refractivity contribution in [1.29, 1.82) is 0 Å². The van der Waals surface area contributed by atoms with Crippen molar-refractivity contribution in [2.75, 3.05) is 5.73 Å². The van der Waals surface area contributed by atoms with E-state index in [1.165, 1.54) is 30.5 Å². The molecule has 0 aliphatic heterocycles. The molecule has 3 N–H and O–H groups in total. The zero-order chi connectivity index (χ0) is 18.9. The fraction of sp³-hybridized carbons (Fsp3) is 0.0556. The lowest BCUT2D eigenvalue weighted by atomic mass is 10.1. The average molecular weight is 359 g/mol. The maximum Gasteiger partial charge on any atom is 0.416 e. The highest BCUT2D eigenvalue weighted by Crippen LogP contribution is 2.32. The molecule has 1 aromatic heterocycles. The molecule has 0 saturated carbocycles. The van der Waals surface area contributed by atoms with Crippen LogP contribution in [0.5, 0.6) is 0 Å². The van der Waals surface area contributed by atoms with Crippen molar-refractivity contribution in [3.05, 3.63) is 65.9 Å². The lowest BCUT2D eigenvalue weighted by Crippen LogP contribution is -2.04. The summed E-state index contributed by atoms with van der Waals surface area (Å²) in [5, 5.41) is 8.93. The molecule has 0 amide bonds. The summed E-state index contributed by atoms with van der Waals surface area (Å²) >= 11 is 0. The van der Waals surface area contributed by atoms with Crippen LogP contribution in [-0.2, 0) is 6.18 Å². The number of hydrogen-bond donors (Lipinski definition) is 2. The molecule has 0 radical (unpaired) electrons. The first kappa shape index (κ1) is 17.4. The van der Waals surface area contributed by atoms with E-state index < -0.39 is 17.7 Å². The van der Waals surface area contributed by atoms with E-state index in [1.807, 2.05) is 0 Å². The molecule has 0 unspecified atom stereocenters. The predicted octanol–water partition coefficient (Wildman–Crippen LogP) is 4.11. The number of nitrogens with zero attached hydrogens (tertiary/aromatic N) is 2. The zero-order valence-electron chi connectivity index (χ0n) is 13.2. The van der Waals surface area contributed by atoms with Gasteiger partial charge in [-0.2, -0.15) is 13.2 Å². The molecular weight excluding hydrogens is 347 g/mol. The largest absolute Gasteiger partial charge is 0.478 e. The van der Waals surface area contributed by atoms with Crippen molar-refractivity contribution in [2.45, 2.75) is 6.18 Å². The third-order valence-corrected chi connectivity index (χ3v) is 3.71. The number of carboxylic acid groups (broad SMARTS) is 1. The Hall–Kier alpha value is -3.42. The van der Waals surface area contributed by atoms with E-state index in [-0.39, 0.29) is 17.1 Å². The lowest BCUT2D eigenvalue weighted by molar-refractivity contribution is -0.137. The standard InChI is InChI=1S/C18H12F3N3O2/c19-18(20,21)13-7-5-11(6-8-13)15-16(22)23-9-14(24-15)10-1-3-12(4-2-10)17(25)26/h1-9H,(H2,22,23)(H,25,26). The van der Waals surface area contributed by atoms with E-state index in [2.05, 4.69) is 9.97 Å². The second kappa shape index (κ2) is 6.47. The summed E-state index contributed by atoms with van der Waals surface area (Å²) in [6.45, 7) is 0. The summed E-state index contributed by atoms with van der Waals surface area (Å²) in [4.78, 5) is 19.3. The Morgan fingerprint density at radius 3 is 2.08 bits per heavy atom. The number of carbonyl (C=O) groups is 1. The van der Waals surface area contributed by atoms with Gasteiger partial charge in [-0.1, -0.05) is 24.3 Å². The number of aromatic nitrogens is 2. The molecule has 0 fully saturated rings. The minimum absolute atomic E-state index is 0.0793. The second-order valence-corrected chi connectivity index (χ2v) is 5.45. The van der Waals surface area contributed by atoms with Gasteiger partial charge < -0.3 is 10.8 Å². The number of nitrogens with two attached hydrogens (primary N) is 1. The van der Waals surface area contributed by atoms with Crippen molar-refractivity contribution in [1.82, 2.24) is 9.97 Å². The molecular formula is C18H12F3N3O2. The van der Waals surface area contributed by atoms with Gasteiger partial charge in [0.1, 0.15) is 11.5 Å². The van der Waals surface area contributed by atoms with Gasteiger partial charge in [0.25, 0.3) is 0 Å². The number of carboxylic acids is 1. The van der Waals surface area contributed by atoms with E-state index in [1.54, 1.807) is 12.1 Å². The summed E-state index contributed by atoms with van der Waals surface area (Å²) < 4.78 is 38.0. The third kappa shape index (κ3) is 3.49. The van der Waals surface area contributed by atoms with E-state index in [9.17, 15) is 18.0 Å². The fourth-order valence-corrected chi connectivity index (χ4v) is 2.35. The second-order valence-electron chi connectivity index (χ2n) is 5.45. The smallest absolute Gasteiger partial charge is 0.416 e.